The molecule has 4 heteroatoms. The molecule has 1 amide bonds. The van der Waals surface area contributed by atoms with Crippen molar-refractivity contribution in [3.05, 3.63) is 35.9 Å². The van der Waals surface area contributed by atoms with Crippen LogP contribution in [0.25, 0.3) is 0 Å². The van der Waals surface area contributed by atoms with E-state index in [1.54, 1.807) is 0 Å². The molecule has 3 rings (SSSR count). The fraction of sp³-hybridized carbons (Fsp3) is 0.556. The van der Waals surface area contributed by atoms with Crippen LogP contribution in [0.1, 0.15) is 44.2 Å². The number of fused-ring (bicyclic) bond motifs is 2. The third kappa shape index (κ3) is 2.62. The van der Waals surface area contributed by atoms with Gasteiger partial charge in [-0.15, -0.1) is 0 Å². The van der Waals surface area contributed by atoms with Crippen molar-refractivity contribution in [1.82, 2.24) is 5.32 Å². The number of hydrogen-bond donors (Lipinski definition) is 1. The van der Waals surface area contributed by atoms with E-state index < -0.39 is 17.8 Å². The molecule has 0 aromatic heterocycles. The fourth-order valence-corrected chi connectivity index (χ4v) is 4.38. The number of carboxylic acid groups (broad SMARTS) is 1. The zero-order valence-electron chi connectivity index (χ0n) is 12.8. The fourth-order valence-electron chi connectivity index (χ4n) is 4.38. The van der Waals surface area contributed by atoms with Gasteiger partial charge in [-0.05, 0) is 43.1 Å². The van der Waals surface area contributed by atoms with E-state index >= 15 is 0 Å². The van der Waals surface area contributed by atoms with Gasteiger partial charge in [-0.25, -0.2) is 0 Å². The average molecular weight is 300 g/mol. The van der Waals surface area contributed by atoms with Crippen molar-refractivity contribution in [3.63, 3.8) is 0 Å². The largest absolute Gasteiger partial charge is 0.550 e. The molecule has 0 spiro atoms. The number of aliphatic carboxylic acids is 1. The van der Waals surface area contributed by atoms with Crippen LogP contribution >= 0.6 is 0 Å². The van der Waals surface area contributed by atoms with Crippen LogP contribution in [0.5, 0.6) is 0 Å². The summed E-state index contributed by atoms with van der Waals surface area (Å²) in [7, 11) is 0. The highest BCUT2D eigenvalue weighted by Gasteiger charge is 2.51. The first-order valence-electron chi connectivity index (χ1n) is 8.18. The number of amides is 1. The standard InChI is InChI=1S/C18H23NO3/c1-2-14(11-6-4-3-5-7-11)19-17(20)15-12-8-9-13(10-12)16(15)18(21)22/h3-7,12-16H,2,8-10H2,1H3,(H,19,20)(H,21,22)/p-1/t12-,13+,14-,15-,16+/m1/s1. The Kier molecular flexibility index (Phi) is 4.19. The van der Waals surface area contributed by atoms with E-state index in [4.69, 9.17) is 0 Å². The van der Waals surface area contributed by atoms with Crippen molar-refractivity contribution in [2.45, 2.75) is 38.6 Å². The summed E-state index contributed by atoms with van der Waals surface area (Å²) in [5.74, 6) is -1.85. The second kappa shape index (κ2) is 6.11. The van der Waals surface area contributed by atoms with Crippen molar-refractivity contribution in [1.29, 1.82) is 0 Å². The minimum Gasteiger partial charge on any atom is -0.550 e. The van der Waals surface area contributed by atoms with Crippen LogP contribution in [0.4, 0.5) is 0 Å². The second-order valence-electron chi connectivity index (χ2n) is 6.58. The maximum atomic E-state index is 12.7. The molecule has 1 aromatic carbocycles. The van der Waals surface area contributed by atoms with E-state index in [1.807, 2.05) is 37.3 Å². The number of nitrogens with one attached hydrogen (secondary N) is 1. The van der Waals surface area contributed by atoms with Crippen molar-refractivity contribution in [3.8, 4) is 0 Å². The maximum Gasteiger partial charge on any atom is 0.224 e. The Bertz CT molecular complexity index is 557. The van der Waals surface area contributed by atoms with Gasteiger partial charge in [0, 0.05) is 17.8 Å². The minimum atomic E-state index is -1.06. The van der Waals surface area contributed by atoms with Gasteiger partial charge in [-0.2, -0.15) is 0 Å². The lowest BCUT2D eigenvalue weighted by Gasteiger charge is -2.32. The summed E-state index contributed by atoms with van der Waals surface area (Å²) in [5.41, 5.74) is 1.06. The zero-order chi connectivity index (χ0) is 15.7. The molecule has 2 aliphatic carbocycles. The normalized spacial score (nSPS) is 31.0. The molecule has 2 saturated carbocycles. The SMILES string of the molecule is CC[C@@H](NC(=O)[C@@H]1[C@@H]2CC[C@@H](C2)[C@@H]1C(=O)[O-])c1ccccc1. The van der Waals surface area contributed by atoms with Gasteiger partial charge in [-0.3, -0.25) is 4.79 Å². The first kappa shape index (κ1) is 15.1. The number of benzene rings is 1. The second-order valence-corrected chi connectivity index (χ2v) is 6.58. The molecule has 0 aliphatic heterocycles. The Balaban J connectivity index is 1.74. The van der Waals surface area contributed by atoms with Crippen LogP contribution in [0, 0.1) is 23.7 Å². The highest BCUT2D eigenvalue weighted by Crippen LogP contribution is 2.52. The third-order valence-corrected chi connectivity index (χ3v) is 5.42. The topological polar surface area (TPSA) is 69.2 Å². The van der Waals surface area contributed by atoms with Crippen LogP contribution in [0.15, 0.2) is 30.3 Å². The Hall–Kier alpha value is -1.84. The lowest BCUT2D eigenvalue weighted by molar-refractivity contribution is -0.314. The quantitative estimate of drug-likeness (QED) is 0.899. The molecule has 0 radical (unpaired) electrons. The molecule has 2 bridgehead atoms. The minimum absolute atomic E-state index is 0.0600. The zero-order valence-corrected chi connectivity index (χ0v) is 12.8. The van der Waals surface area contributed by atoms with Gasteiger partial charge in [-0.1, -0.05) is 37.3 Å². The Morgan fingerprint density at radius 1 is 1.18 bits per heavy atom. The summed E-state index contributed by atoms with van der Waals surface area (Å²) in [4.78, 5) is 24.1. The first-order valence-corrected chi connectivity index (χ1v) is 8.18. The lowest BCUT2D eigenvalue weighted by atomic mass is 9.78. The Labute approximate surface area is 130 Å². The number of hydrogen-bond acceptors (Lipinski definition) is 3. The molecule has 2 fully saturated rings. The van der Waals surface area contributed by atoms with Gasteiger partial charge in [0.05, 0.1) is 6.04 Å². The predicted molar refractivity (Wildman–Crippen MR) is 80.4 cm³/mol. The highest BCUT2D eigenvalue weighted by atomic mass is 16.4. The van der Waals surface area contributed by atoms with Gasteiger partial charge < -0.3 is 15.2 Å². The van der Waals surface area contributed by atoms with Crippen LogP contribution < -0.4 is 10.4 Å². The number of carboxylic acids is 1. The van der Waals surface area contributed by atoms with Crippen molar-refractivity contribution in [2.75, 3.05) is 0 Å². The number of rotatable bonds is 5. The van der Waals surface area contributed by atoms with Gasteiger partial charge >= 0.3 is 0 Å². The summed E-state index contributed by atoms with van der Waals surface area (Å²) in [6, 6.07) is 9.77. The molecular weight excluding hydrogens is 278 g/mol. The predicted octanol–water partition coefficient (Wildman–Crippen LogP) is 1.67. The summed E-state index contributed by atoms with van der Waals surface area (Å²) < 4.78 is 0. The summed E-state index contributed by atoms with van der Waals surface area (Å²) in [6.45, 7) is 2.02. The summed E-state index contributed by atoms with van der Waals surface area (Å²) >= 11 is 0. The van der Waals surface area contributed by atoms with Crippen LogP contribution in [-0.4, -0.2) is 11.9 Å². The van der Waals surface area contributed by atoms with E-state index in [0.29, 0.717) is 0 Å². The van der Waals surface area contributed by atoms with Crippen molar-refractivity contribution >= 4 is 11.9 Å². The van der Waals surface area contributed by atoms with Crippen LogP contribution in [0.3, 0.4) is 0 Å². The molecule has 0 unspecified atom stereocenters. The molecule has 22 heavy (non-hydrogen) atoms. The lowest BCUT2D eigenvalue weighted by Crippen LogP contribution is -2.46. The molecule has 0 saturated heterocycles. The molecule has 2 aliphatic rings. The van der Waals surface area contributed by atoms with Crippen LogP contribution in [-0.2, 0) is 9.59 Å². The molecule has 1 N–H and O–H groups in total. The van der Waals surface area contributed by atoms with Gasteiger partial charge in [0.15, 0.2) is 0 Å². The summed E-state index contributed by atoms with van der Waals surface area (Å²) in [5, 5.41) is 14.5. The number of carbonyl (C=O) groups is 2. The molecule has 5 atom stereocenters. The highest BCUT2D eigenvalue weighted by molar-refractivity contribution is 5.85. The van der Waals surface area contributed by atoms with Crippen LogP contribution in [0.2, 0.25) is 0 Å². The van der Waals surface area contributed by atoms with Crippen molar-refractivity contribution in [2.24, 2.45) is 23.7 Å². The smallest absolute Gasteiger partial charge is 0.224 e. The molecule has 1 aromatic rings. The summed E-state index contributed by atoms with van der Waals surface area (Å²) in [6.07, 6.45) is 3.53. The first-order chi connectivity index (χ1) is 10.6. The van der Waals surface area contributed by atoms with Crippen molar-refractivity contribution < 1.29 is 14.7 Å². The van der Waals surface area contributed by atoms with Gasteiger partial charge in [0.1, 0.15) is 0 Å². The third-order valence-electron chi connectivity index (χ3n) is 5.42. The van der Waals surface area contributed by atoms with Gasteiger partial charge in [0.25, 0.3) is 0 Å². The molecule has 0 heterocycles. The Morgan fingerprint density at radius 2 is 1.82 bits per heavy atom. The maximum absolute atomic E-state index is 12.7. The average Bonchev–Trinajstić information content (AvgIpc) is 3.14. The van der Waals surface area contributed by atoms with E-state index in [-0.39, 0.29) is 23.8 Å². The monoisotopic (exact) mass is 300 g/mol. The molecule has 118 valence electrons. The van der Waals surface area contributed by atoms with E-state index in [0.717, 1.165) is 31.2 Å². The van der Waals surface area contributed by atoms with E-state index in [9.17, 15) is 14.7 Å². The van der Waals surface area contributed by atoms with Gasteiger partial charge in [0.2, 0.25) is 5.91 Å². The molecular formula is C18H22NO3-. The van der Waals surface area contributed by atoms with E-state index in [1.165, 1.54) is 0 Å². The molecule has 4 nitrogen and oxygen atoms in total. The Morgan fingerprint density at radius 3 is 2.41 bits per heavy atom. The number of carbonyl (C=O) groups excluding carboxylic acids is 2. The van der Waals surface area contributed by atoms with E-state index in [2.05, 4.69) is 5.32 Å².